The molecule has 0 aliphatic carbocycles. The molecule has 2 amide bonds. The number of Topliss-reactive ketones (excluding diaryl/α,β-unsaturated/α-hetero) is 1. The van der Waals surface area contributed by atoms with Crippen LogP contribution in [0, 0.1) is 5.92 Å². The van der Waals surface area contributed by atoms with Crippen LogP contribution in [0.2, 0.25) is 0 Å². The van der Waals surface area contributed by atoms with Crippen molar-refractivity contribution >= 4 is 29.4 Å². The molecule has 2 aliphatic heterocycles. The monoisotopic (exact) mass is 313 g/mol. The molecule has 1 unspecified atom stereocenters. The Labute approximate surface area is 129 Å². The summed E-state index contributed by atoms with van der Waals surface area (Å²) in [7, 11) is 0. The Kier molecular flexibility index (Phi) is 5.64. The molecule has 0 bridgehead atoms. The van der Waals surface area contributed by atoms with Gasteiger partial charge in [-0.3, -0.25) is 19.7 Å². The first-order valence-corrected chi connectivity index (χ1v) is 8.56. The van der Waals surface area contributed by atoms with Gasteiger partial charge in [0.15, 0.2) is 5.78 Å². The summed E-state index contributed by atoms with van der Waals surface area (Å²) in [5, 5.41) is 8.42. The molecule has 4 atom stereocenters. The Morgan fingerprint density at radius 2 is 2.24 bits per heavy atom. The topological polar surface area (TPSA) is 87.3 Å². The molecule has 0 aromatic heterocycles. The largest absolute Gasteiger partial charge is 0.344 e. The Bertz CT molecular complexity index is 424. The number of carbonyl (C=O) groups excluding carboxylic acids is 3. The number of rotatable bonds is 6. The Morgan fingerprint density at radius 3 is 2.76 bits per heavy atom. The maximum Gasteiger partial charge on any atom is 0.243 e. The quantitative estimate of drug-likeness (QED) is 0.644. The van der Waals surface area contributed by atoms with Crippen LogP contribution in [-0.4, -0.2) is 47.4 Å². The Balaban J connectivity index is 2.00. The molecular formula is C14H23N3O3S. The van der Waals surface area contributed by atoms with E-state index in [0.29, 0.717) is 12.8 Å². The van der Waals surface area contributed by atoms with Crippen molar-refractivity contribution in [3.63, 3.8) is 0 Å². The molecular weight excluding hydrogens is 290 g/mol. The standard InChI is InChI=1S/C14H23N3O3S/c1-3-8(2)11(12(19)14-15-6-7-21-14)17-13(20)9-4-5-10(18)16-9/h8-9,11,14-15H,3-7H2,1-2H3,(H,16,18)(H,17,20)/t8-,9-,11-,14?/m0/s1. The van der Waals surface area contributed by atoms with Crippen LogP contribution in [0.3, 0.4) is 0 Å². The minimum atomic E-state index is -0.499. The molecule has 2 fully saturated rings. The molecule has 2 saturated heterocycles. The summed E-state index contributed by atoms with van der Waals surface area (Å²) in [5.41, 5.74) is 0. The van der Waals surface area contributed by atoms with Gasteiger partial charge in [-0.25, -0.2) is 0 Å². The molecule has 2 rings (SSSR count). The minimum Gasteiger partial charge on any atom is -0.344 e. The van der Waals surface area contributed by atoms with Crippen molar-refractivity contribution in [2.24, 2.45) is 5.92 Å². The van der Waals surface area contributed by atoms with Crippen LogP contribution in [0.5, 0.6) is 0 Å². The van der Waals surface area contributed by atoms with E-state index in [4.69, 9.17) is 0 Å². The van der Waals surface area contributed by atoms with Crippen LogP contribution in [-0.2, 0) is 14.4 Å². The van der Waals surface area contributed by atoms with E-state index in [1.54, 1.807) is 11.8 Å². The molecule has 0 spiro atoms. The van der Waals surface area contributed by atoms with Gasteiger partial charge < -0.3 is 10.6 Å². The summed E-state index contributed by atoms with van der Waals surface area (Å²) in [6.45, 7) is 4.79. The lowest BCUT2D eigenvalue weighted by Crippen LogP contribution is -2.54. The number of hydrogen-bond acceptors (Lipinski definition) is 5. The average molecular weight is 313 g/mol. The van der Waals surface area contributed by atoms with Crippen LogP contribution in [0.15, 0.2) is 0 Å². The fourth-order valence-corrected chi connectivity index (χ4v) is 3.58. The normalized spacial score (nSPS) is 28.0. The van der Waals surface area contributed by atoms with Gasteiger partial charge >= 0.3 is 0 Å². The zero-order valence-electron chi connectivity index (χ0n) is 12.5. The molecule has 0 saturated carbocycles. The fraction of sp³-hybridized carbons (Fsp3) is 0.786. The number of nitrogens with one attached hydrogen (secondary N) is 3. The lowest BCUT2D eigenvalue weighted by Gasteiger charge is -2.26. The van der Waals surface area contributed by atoms with Crippen LogP contribution >= 0.6 is 11.8 Å². The predicted molar refractivity (Wildman–Crippen MR) is 81.8 cm³/mol. The highest BCUT2D eigenvalue weighted by Gasteiger charge is 2.36. The maximum atomic E-state index is 12.6. The van der Waals surface area contributed by atoms with E-state index in [1.807, 2.05) is 13.8 Å². The zero-order chi connectivity index (χ0) is 15.4. The van der Waals surface area contributed by atoms with E-state index in [-0.39, 0.29) is 28.9 Å². The number of ketones is 1. The van der Waals surface area contributed by atoms with Crippen molar-refractivity contribution < 1.29 is 14.4 Å². The lowest BCUT2D eigenvalue weighted by molar-refractivity contribution is -0.130. The van der Waals surface area contributed by atoms with E-state index in [0.717, 1.165) is 18.7 Å². The van der Waals surface area contributed by atoms with Gasteiger partial charge in [-0.1, -0.05) is 20.3 Å². The number of carbonyl (C=O) groups is 3. The molecule has 2 heterocycles. The second-order valence-corrected chi connectivity index (χ2v) is 6.85. The molecule has 0 aromatic carbocycles. The van der Waals surface area contributed by atoms with Crippen molar-refractivity contribution in [2.75, 3.05) is 12.3 Å². The lowest BCUT2D eigenvalue weighted by atomic mass is 9.94. The van der Waals surface area contributed by atoms with Gasteiger partial charge in [-0.2, -0.15) is 0 Å². The van der Waals surface area contributed by atoms with Crippen molar-refractivity contribution in [3.05, 3.63) is 0 Å². The maximum absolute atomic E-state index is 12.6. The molecule has 2 aliphatic rings. The van der Waals surface area contributed by atoms with Crippen LogP contribution < -0.4 is 16.0 Å². The molecule has 21 heavy (non-hydrogen) atoms. The van der Waals surface area contributed by atoms with Gasteiger partial charge in [0.05, 0.1) is 6.04 Å². The first-order valence-electron chi connectivity index (χ1n) is 7.51. The van der Waals surface area contributed by atoms with Gasteiger partial charge in [-0.05, 0) is 12.3 Å². The SMILES string of the molecule is CC[C@H](C)[C@H](NC(=O)[C@@H]1CCC(=O)N1)C(=O)C1NCCS1. The van der Waals surface area contributed by atoms with Gasteiger partial charge in [0.2, 0.25) is 11.8 Å². The molecule has 7 heteroatoms. The Morgan fingerprint density at radius 1 is 1.48 bits per heavy atom. The highest BCUT2D eigenvalue weighted by atomic mass is 32.2. The van der Waals surface area contributed by atoms with Gasteiger partial charge in [0, 0.05) is 18.7 Å². The second-order valence-electron chi connectivity index (χ2n) is 5.64. The minimum absolute atomic E-state index is 0.0320. The summed E-state index contributed by atoms with van der Waals surface area (Å²) >= 11 is 1.58. The third kappa shape index (κ3) is 3.97. The van der Waals surface area contributed by atoms with E-state index in [2.05, 4.69) is 16.0 Å². The Hall–Kier alpha value is -1.08. The van der Waals surface area contributed by atoms with E-state index in [1.165, 1.54) is 0 Å². The highest BCUT2D eigenvalue weighted by Crippen LogP contribution is 2.20. The fourth-order valence-electron chi connectivity index (χ4n) is 2.57. The first-order chi connectivity index (χ1) is 10.0. The summed E-state index contributed by atoms with van der Waals surface area (Å²) in [6, 6.07) is -0.996. The van der Waals surface area contributed by atoms with E-state index in [9.17, 15) is 14.4 Å². The summed E-state index contributed by atoms with van der Waals surface area (Å²) < 4.78 is 0. The number of amides is 2. The summed E-state index contributed by atoms with van der Waals surface area (Å²) in [6.07, 6.45) is 1.69. The second kappa shape index (κ2) is 7.26. The van der Waals surface area contributed by atoms with Crippen LogP contribution in [0.1, 0.15) is 33.1 Å². The smallest absolute Gasteiger partial charge is 0.243 e. The number of hydrogen-bond donors (Lipinski definition) is 3. The van der Waals surface area contributed by atoms with Gasteiger partial charge in [-0.15, -0.1) is 11.8 Å². The summed E-state index contributed by atoms with van der Waals surface area (Å²) in [5.74, 6) is 0.666. The first kappa shape index (κ1) is 16.3. The van der Waals surface area contributed by atoms with Crippen molar-refractivity contribution in [3.8, 4) is 0 Å². The molecule has 3 N–H and O–H groups in total. The van der Waals surface area contributed by atoms with E-state index >= 15 is 0 Å². The highest BCUT2D eigenvalue weighted by molar-refractivity contribution is 8.00. The molecule has 118 valence electrons. The average Bonchev–Trinajstić information content (AvgIpc) is 3.14. The van der Waals surface area contributed by atoms with Crippen LogP contribution in [0.25, 0.3) is 0 Å². The predicted octanol–water partition coefficient (Wildman–Crippen LogP) is 0.0275. The summed E-state index contributed by atoms with van der Waals surface area (Å²) in [4.78, 5) is 36.0. The zero-order valence-corrected chi connectivity index (χ0v) is 13.3. The van der Waals surface area contributed by atoms with Crippen molar-refractivity contribution in [2.45, 2.75) is 50.6 Å². The third-order valence-electron chi connectivity index (χ3n) is 4.10. The number of thioether (sulfide) groups is 1. The molecule has 0 aromatic rings. The molecule has 0 radical (unpaired) electrons. The van der Waals surface area contributed by atoms with Gasteiger partial charge in [0.25, 0.3) is 0 Å². The van der Waals surface area contributed by atoms with Crippen molar-refractivity contribution in [1.29, 1.82) is 0 Å². The molecule has 6 nitrogen and oxygen atoms in total. The third-order valence-corrected chi connectivity index (χ3v) is 5.28. The van der Waals surface area contributed by atoms with Crippen molar-refractivity contribution in [1.82, 2.24) is 16.0 Å². The van der Waals surface area contributed by atoms with Gasteiger partial charge in [0.1, 0.15) is 11.4 Å². The van der Waals surface area contributed by atoms with Crippen LogP contribution in [0.4, 0.5) is 0 Å². The van der Waals surface area contributed by atoms with E-state index < -0.39 is 12.1 Å².